The van der Waals surface area contributed by atoms with Crippen molar-refractivity contribution >= 4 is 5.91 Å². The molecule has 1 N–H and O–H groups in total. The molecule has 142 valence electrons. The molecule has 2 aromatic rings. The highest BCUT2D eigenvalue weighted by molar-refractivity contribution is 5.80. The minimum absolute atomic E-state index is 0.00367. The number of piperazine rings is 1. The first kappa shape index (κ1) is 18.0. The van der Waals surface area contributed by atoms with Crippen LogP contribution in [0.3, 0.4) is 0 Å². The molecule has 6 heteroatoms. The van der Waals surface area contributed by atoms with E-state index in [0.717, 1.165) is 16.0 Å². The number of carbonyl (C=O) groups excluding carboxylic acids is 1. The topological polar surface area (TPSA) is 32.3 Å². The molecule has 1 saturated carbocycles. The van der Waals surface area contributed by atoms with Crippen LogP contribution >= 0.6 is 0 Å². The van der Waals surface area contributed by atoms with Gasteiger partial charge < -0.3 is 10.2 Å². The second-order valence-electron chi connectivity index (χ2n) is 7.32. The molecule has 2 aromatic carbocycles. The quantitative estimate of drug-likeness (QED) is 0.885. The number of amides is 1. The van der Waals surface area contributed by atoms with Crippen LogP contribution in [0.25, 0.3) is 0 Å². The molecule has 27 heavy (non-hydrogen) atoms. The molecule has 3 nitrogen and oxygen atoms in total. The molecule has 1 atom stereocenters. The van der Waals surface area contributed by atoms with Crippen LogP contribution in [0, 0.1) is 0 Å². The Morgan fingerprint density at radius 2 is 1.48 bits per heavy atom. The molecule has 1 saturated heterocycles. The predicted molar refractivity (Wildman–Crippen MR) is 96.3 cm³/mol. The van der Waals surface area contributed by atoms with E-state index < -0.39 is 17.6 Å². The van der Waals surface area contributed by atoms with E-state index in [1.807, 2.05) is 60.7 Å². The van der Waals surface area contributed by atoms with E-state index in [0.29, 0.717) is 0 Å². The Balaban J connectivity index is 1.68. The average molecular weight is 374 g/mol. The standard InChI is InChI=1S/C21H21F3N2O/c22-21(23,24)20(11-12-20)26-14-17(25-13-18(26)27)19(15-7-3-1-4-8-15)16-9-5-2-6-10-16/h1-10,17,19,25H,11-14H2. The summed E-state index contributed by atoms with van der Waals surface area (Å²) < 4.78 is 40.8. The zero-order chi connectivity index (χ0) is 19.1. The van der Waals surface area contributed by atoms with Crippen LogP contribution < -0.4 is 5.32 Å². The zero-order valence-corrected chi connectivity index (χ0v) is 14.7. The first-order valence-corrected chi connectivity index (χ1v) is 9.13. The number of benzene rings is 2. The smallest absolute Gasteiger partial charge is 0.325 e. The van der Waals surface area contributed by atoms with Crippen LogP contribution in [-0.4, -0.2) is 41.7 Å². The second-order valence-corrected chi connectivity index (χ2v) is 7.32. The largest absolute Gasteiger partial charge is 0.411 e. The molecule has 1 aliphatic heterocycles. The molecule has 0 spiro atoms. The normalized spacial score (nSPS) is 22.1. The monoisotopic (exact) mass is 374 g/mol. The van der Waals surface area contributed by atoms with Gasteiger partial charge in [0.15, 0.2) is 0 Å². The van der Waals surface area contributed by atoms with Crippen molar-refractivity contribution in [3.63, 3.8) is 0 Å². The maximum absolute atomic E-state index is 13.6. The lowest BCUT2D eigenvalue weighted by Crippen LogP contribution is -2.63. The summed E-state index contributed by atoms with van der Waals surface area (Å²) in [6, 6.07) is 19.2. The van der Waals surface area contributed by atoms with Gasteiger partial charge in [0.25, 0.3) is 0 Å². The van der Waals surface area contributed by atoms with Crippen molar-refractivity contribution in [1.29, 1.82) is 0 Å². The number of hydrogen-bond donors (Lipinski definition) is 1. The Bertz CT molecular complexity index is 764. The van der Waals surface area contributed by atoms with E-state index in [1.165, 1.54) is 0 Å². The van der Waals surface area contributed by atoms with Crippen molar-refractivity contribution in [1.82, 2.24) is 10.2 Å². The van der Waals surface area contributed by atoms with Gasteiger partial charge in [-0.25, -0.2) is 0 Å². The van der Waals surface area contributed by atoms with Crippen LogP contribution in [0.2, 0.25) is 0 Å². The molecule has 1 unspecified atom stereocenters. The van der Waals surface area contributed by atoms with Crippen molar-refractivity contribution in [2.75, 3.05) is 13.1 Å². The Hall–Kier alpha value is -2.34. The maximum Gasteiger partial charge on any atom is 0.411 e. The Morgan fingerprint density at radius 1 is 0.963 bits per heavy atom. The number of rotatable bonds is 4. The molecular weight excluding hydrogens is 353 g/mol. The van der Waals surface area contributed by atoms with E-state index in [9.17, 15) is 18.0 Å². The minimum atomic E-state index is -4.39. The number of nitrogens with zero attached hydrogens (tertiary/aromatic N) is 1. The highest BCUT2D eigenvalue weighted by Crippen LogP contribution is 2.54. The van der Waals surface area contributed by atoms with Crippen molar-refractivity contribution in [2.24, 2.45) is 0 Å². The van der Waals surface area contributed by atoms with E-state index in [-0.39, 0.29) is 37.9 Å². The third-order valence-electron chi connectivity index (χ3n) is 5.68. The van der Waals surface area contributed by atoms with Gasteiger partial charge in [-0.2, -0.15) is 13.2 Å². The molecule has 2 aliphatic rings. The summed E-state index contributed by atoms with van der Waals surface area (Å²) >= 11 is 0. The van der Waals surface area contributed by atoms with E-state index in [4.69, 9.17) is 0 Å². The summed E-state index contributed by atoms with van der Waals surface area (Å²) in [6.07, 6.45) is -4.40. The van der Waals surface area contributed by atoms with Crippen LogP contribution in [0.15, 0.2) is 60.7 Å². The number of carbonyl (C=O) groups is 1. The van der Waals surface area contributed by atoms with Gasteiger partial charge in [-0.3, -0.25) is 4.79 Å². The summed E-state index contributed by atoms with van der Waals surface area (Å²) in [5, 5.41) is 3.19. The summed E-state index contributed by atoms with van der Waals surface area (Å²) in [6.45, 7) is -0.0224. The van der Waals surface area contributed by atoms with E-state index in [2.05, 4.69) is 5.32 Å². The average Bonchev–Trinajstić information content (AvgIpc) is 3.47. The van der Waals surface area contributed by atoms with Gasteiger partial charge in [0.05, 0.1) is 6.54 Å². The number of hydrogen-bond acceptors (Lipinski definition) is 2. The fourth-order valence-electron chi connectivity index (χ4n) is 4.12. The summed E-state index contributed by atoms with van der Waals surface area (Å²) in [5.41, 5.74) is 0.0715. The van der Waals surface area contributed by atoms with E-state index >= 15 is 0 Å². The fourth-order valence-corrected chi connectivity index (χ4v) is 4.12. The van der Waals surface area contributed by atoms with Gasteiger partial charge in [-0.1, -0.05) is 60.7 Å². The Kier molecular flexibility index (Phi) is 4.46. The molecule has 4 rings (SSSR count). The Morgan fingerprint density at radius 3 is 1.93 bits per heavy atom. The molecular formula is C21H21F3N2O. The van der Waals surface area contributed by atoms with Gasteiger partial charge in [0.2, 0.25) is 5.91 Å². The SMILES string of the molecule is O=C1CNC(C(c2ccccc2)c2ccccc2)CN1C1(C(F)(F)F)CC1. The van der Waals surface area contributed by atoms with Crippen molar-refractivity contribution in [2.45, 2.75) is 36.5 Å². The molecule has 0 aromatic heterocycles. The first-order chi connectivity index (χ1) is 12.9. The maximum atomic E-state index is 13.6. The second kappa shape index (κ2) is 6.68. The molecule has 1 aliphatic carbocycles. The van der Waals surface area contributed by atoms with Crippen molar-refractivity contribution in [3.8, 4) is 0 Å². The number of alkyl halides is 3. The third-order valence-corrected chi connectivity index (χ3v) is 5.68. The predicted octanol–water partition coefficient (Wildman–Crippen LogP) is 3.71. The van der Waals surface area contributed by atoms with Crippen LogP contribution in [0.4, 0.5) is 13.2 Å². The zero-order valence-electron chi connectivity index (χ0n) is 14.7. The highest BCUT2D eigenvalue weighted by Gasteiger charge is 2.68. The lowest BCUT2D eigenvalue weighted by atomic mass is 9.83. The third kappa shape index (κ3) is 3.23. The van der Waals surface area contributed by atoms with Gasteiger partial charge in [0, 0.05) is 18.5 Å². The van der Waals surface area contributed by atoms with Crippen LogP contribution in [0.1, 0.15) is 29.9 Å². The van der Waals surface area contributed by atoms with Crippen molar-refractivity contribution in [3.05, 3.63) is 71.8 Å². The summed E-state index contributed by atoms with van der Waals surface area (Å²) in [7, 11) is 0. The minimum Gasteiger partial charge on any atom is -0.325 e. The van der Waals surface area contributed by atoms with Crippen LogP contribution in [-0.2, 0) is 4.79 Å². The molecule has 1 heterocycles. The van der Waals surface area contributed by atoms with Crippen molar-refractivity contribution < 1.29 is 18.0 Å². The molecule has 2 fully saturated rings. The first-order valence-electron chi connectivity index (χ1n) is 9.13. The van der Waals surface area contributed by atoms with Crippen LogP contribution in [0.5, 0.6) is 0 Å². The molecule has 0 bridgehead atoms. The molecule has 1 amide bonds. The van der Waals surface area contributed by atoms with Gasteiger partial charge in [0.1, 0.15) is 5.54 Å². The van der Waals surface area contributed by atoms with Gasteiger partial charge in [-0.05, 0) is 24.0 Å². The highest BCUT2D eigenvalue weighted by atomic mass is 19.4. The van der Waals surface area contributed by atoms with Gasteiger partial charge >= 0.3 is 6.18 Å². The Labute approximate surface area is 156 Å². The lowest BCUT2D eigenvalue weighted by Gasteiger charge is -2.42. The number of nitrogens with one attached hydrogen (secondary N) is 1. The number of halogens is 3. The summed E-state index contributed by atoms with van der Waals surface area (Å²) in [5.74, 6) is -0.604. The van der Waals surface area contributed by atoms with E-state index in [1.54, 1.807) is 0 Å². The lowest BCUT2D eigenvalue weighted by molar-refractivity contribution is -0.203. The summed E-state index contributed by atoms with van der Waals surface area (Å²) in [4.78, 5) is 13.4. The van der Waals surface area contributed by atoms with Gasteiger partial charge in [-0.15, -0.1) is 0 Å². The fraction of sp³-hybridized carbons (Fsp3) is 0.381. The molecule has 0 radical (unpaired) electrons.